The summed E-state index contributed by atoms with van der Waals surface area (Å²) in [4.78, 5) is 27.5. The summed E-state index contributed by atoms with van der Waals surface area (Å²) in [5.41, 5.74) is 0.530. The van der Waals surface area contributed by atoms with Gasteiger partial charge in [0.25, 0.3) is 0 Å². The molecule has 0 bridgehead atoms. The molecule has 124 valence electrons. The lowest BCUT2D eigenvalue weighted by Gasteiger charge is -2.34. The van der Waals surface area contributed by atoms with E-state index in [1.54, 1.807) is 4.90 Å². The van der Waals surface area contributed by atoms with Crippen LogP contribution in [0.25, 0.3) is 0 Å². The van der Waals surface area contributed by atoms with E-state index in [1.165, 1.54) is 4.90 Å². The van der Waals surface area contributed by atoms with Crippen LogP contribution in [0.15, 0.2) is 12.1 Å². The van der Waals surface area contributed by atoms with E-state index in [1.807, 2.05) is 0 Å². The summed E-state index contributed by atoms with van der Waals surface area (Å²) in [5.74, 6) is -1.92. The number of hydrogen-bond acceptors (Lipinski definition) is 3. The second kappa shape index (κ2) is 6.14. The zero-order chi connectivity index (χ0) is 16.6. The van der Waals surface area contributed by atoms with Crippen molar-refractivity contribution >= 4 is 23.2 Å². The molecule has 1 saturated heterocycles. The number of nitrogens with zero attached hydrogens (tertiary/aromatic N) is 2. The maximum atomic E-state index is 13.5. The van der Waals surface area contributed by atoms with E-state index in [0.29, 0.717) is 24.7 Å². The van der Waals surface area contributed by atoms with E-state index >= 15 is 0 Å². The molecule has 1 aromatic carbocycles. The third-order valence-electron chi connectivity index (χ3n) is 4.49. The fourth-order valence-electron chi connectivity index (χ4n) is 2.97. The van der Waals surface area contributed by atoms with Crippen molar-refractivity contribution in [3.63, 3.8) is 0 Å². The second-order valence-corrected chi connectivity index (χ2v) is 6.18. The van der Waals surface area contributed by atoms with Gasteiger partial charge in [-0.15, -0.1) is 0 Å². The Kier molecular flexibility index (Phi) is 4.19. The molecule has 0 aliphatic carbocycles. The summed E-state index contributed by atoms with van der Waals surface area (Å²) >= 11 is 0. The number of nitrogens with one attached hydrogen (secondary N) is 1. The van der Waals surface area contributed by atoms with Crippen LogP contribution in [0.4, 0.5) is 20.2 Å². The lowest BCUT2D eigenvalue weighted by Crippen LogP contribution is -2.48. The molecule has 2 aliphatic rings. The Morgan fingerprint density at radius 3 is 2.61 bits per heavy atom. The zero-order valence-corrected chi connectivity index (χ0v) is 12.9. The number of carbonyl (C=O) groups excluding carboxylic acids is 2. The number of halogens is 2. The summed E-state index contributed by atoms with van der Waals surface area (Å²) in [7, 11) is 0. The molecule has 0 atom stereocenters. The van der Waals surface area contributed by atoms with Crippen molar-refractivity contribution in [3.05, 3.63) is 23.8 Å². The third-order valence-corrected chi connectivity index (χ3v) is 4.49. The first-order valence-corrected chi connectivity index (χ1v) is 7.76. The summed E-state index contributed by atoms with van der Waals surface area (Å²) in [6.07, 6.45) is 1.88. The first kappa shape index (κ1) is 15.7. The van der Waals surface area contributed by atoms with Gasteiger partial charge in [0.05, 0.1) is 17.9 Å². The summed E-state index contributed by atoms with van der Waals surface area (Å²) in [6.45, 7) is 3.31. The molecule has 3 rings (SSSR count). The molecular weight excluding hydrogens is 304 g/mol. The van der Waals surface area contributed by atoms with Crippen LogP contribution in [0.5, 0.6) is 0 Å². The van der Waals surface area contributed by atoms with E-state index in [-0.39, 0.29) is 30.6 Å². The van der Waals surface area contributed by atoms with Gasteiger partial charge in [0.2, 0.25) is 11.8 Å². The smallest absolute Gasteiger partial charge is 0.246 e. The van der Waals surface area contributed by atoms with E-state index in [0.717, 1.165) is 25.0 Å². The summed E-state index contributed by atoms with van der Waals surface area (Å²) < 4.78 is 26.8. The molecule has 5 nitrogen and oxygen atoms in total. The number of rotatable bonds is 2. The molecule has 23 heavy (non-hydrogen) atoms. The molecule has 7 heteroatoms. The lowest BCUT2D eigenvalue weighted by molar-refractivity contribution is -0.132. The predicted octanol–water partition coefficient (Wildman–Crippen LogP) is 1.98. The van der Waals surface area contributed by atoms with Crippen molar-refractivity contribution in [1.29, 1.82) is 0 Å². The van der Waals surface area contributed by atoms with Gasteiger partial charge in [0.1, 0.15) is 6.54 Å². The molecule has 1 aromatic rings. The van der Waals surface area contributed by atoms with Gasteiger partial charge in [-0.25, -0.2) is 8.78 Å². The molecule has 2 amide bonds. The van der Waals surface area contributed by atoms with Crippen molar-refractivity contribution < 1.29 is 18.4 Å². The fourth-order valence-corrected chi connectivity index (χ4v) is 2.97. The monoisotopic (exact) mass is 323 g/mol. The first-order chi connectivity index (χ1) is 11.0. The topological polar surface area (TPSA) is 52.7 Å². The minimum atomic E-state index is -1.04. The van der Waals surface area contributed by atoms with E-state index in [2.05, 4.69) is 12.2 Å². The highest BCUT2D eigenvalue weighted by Crippen LogP contribution is 2.31. The highest BCUT2D eigenvalue weighted by molar-refractivity contribution is 6.05. The van der Waals surface area contributed by atoms with Gasteiger partial charge in [-0.2, -0.15) is 0 Å². The average molecular weight is 323 g/mol. The number of fused-ring (bicyclic) bond motifs is 1. The van der Waals surface area contributed by atoms with Crippen LogP contribution >= 0.6 is 0 Å². The summed E-state index contributed by atoms with van der Waals surface area (Å²) in [5, 5.41) is 2.75. The van der Waals surface area contributed by atoms with Gasteiger partial charge >= 0.3 is 0 Å². The number of benzene rings is 1. The number of likely N-dealkylation sites (tertiary alicyclic amines) is 1. The highest BCUT2D eigenvalue weighted by Gasteiger charge is 2.30. The normalized spacial score (nSPS) is 18.7. The molecular formula is C16H19F2N3O2. The number of anilines is 2. The van der Waals surface area contributed by atoms with Gasteiger partial charge in [-0.05, 0) is 18.8 Å². The molecule has 2 heterocycles. The number of carbonyl (C=O) groups is 2. The fraction of sp³-hybridized carbons (Fsp3) is 0.500. The zero-order valence-electron chi connectivity index (χ0n) is 12.9. The number of piperidine rings is 1. The lowest BCUT2D eigenvalue weighted by atomic mass is 9.99. The Bertz CT molecular complexity index is 642. The minimum Gasteiger partial charge on any atom is -0.374 e. The van der Waals surface area contributed by atoms with Gasteiger partial charge in [-0.3, -0.25) is 14.5 Å². The van der Waals surface area contributed by atoms with Crippen LogP contribution in [-0.4, -0.2) is 42.9 Å². The van der Waals surface area contributed by atoms with Crippen molar-refractivity contribution in [2.45, 2.75) is 19.8 Å². The predicted molar refractivity (Wildman–Crippen MR) is 82.2 cm³/mol. The molecule has 0 aromatic heterocycles. The molecule has 0 radical (unpaired) electrons. The SMILES string of the molecule is CC1CCN(C(=O)CN2C(=O)CNc3cc(F)c(F)cc32)CC1. The van der Waals surface area contributed by atoms with Crippen molar-refractivity contribution in [1.82, 2.24) is 4.90 Å². The van der Waals surface area contributed by atoms with Crippen molar-refractivity contribution in [2.24, 2.45) is 5.92 Å². The molecule has 1 fully saturated rings. The van der Waals surface area contributed by atoms with Crippen LogP contribution in [0.2, 0.25) is 0 Å². The van der Waals surface area contributed by atoms with E-state index in [9.17, 15) is 18.4 Å². The third kappa shape index (κ3) is 3.13. The maximum Gasteiger partial charge on any atom is 0.246 e. The van der Waals surface area contributed by atoms with Gasteiger partial charge in [0, 0.05) is 25.2 Å². The molecule has 1 N–H and O–H groups in total. The molecule has 2 aliphatic heterocycles. The molecule has 0 spiro atoms. The molecule has 0 saturated carbocycles. The van der Waals surface area contributed by atoms with Crippen LogP contribution in [-0.2, 0) is 9.59 Å². The highest BCUT2D eigenvalue weighted by atomic mass is 19.2. The van der Waals surface area contributed by atoms with Crippen molar-refractivity contribution in [3.8, 4) is 0 Å². The van der Waals surface area contributed by atoms with E-state index in [4.69, 9.17) is 0 Å². The van der Waals surface area contributed by atoms with E-state index < -0.39 is 11.6 Å². The molecule has 0 unspecified atom stereocenters. The Hall–Kier alpha value is -2.18. The Labute approximate surface area is 133 Å². The van der Waals surface area contributed by atoms with Crippen LogP contribution in [0, 0.1) is 17.6 Å². The van der Waals surface area contributed by atoms with Gasteiger partial charge in [0.15, 0.2) is 11.6 Å². The van der Waals surface area contributed by atoms with Gasteiger partial charge < -0.3 is 10.2 Å². The Morgan fingerprint density at radius 1 is 1.26 bits per heavy atom. The van der Waals surface area contributed by atoms with Crippen LogP contribution in [0.1, 0.15) is 19.8 Å². The average Bonchev–Trinajstić information content (AvgIpc) is 2.52. The van der Waals surface area contributed by atoms with Crippen LogP contribution < -0.4 is 10.2 Å². The van der Waals surface area contributed by atoms with Gasteiger partial charge in [-0.1, -0.05) is 6.92 Å². The largest absolute Gasteiger partial charge is 0.374 e. The standard InChI is InChI=1S/C16H19F2N3O2/c1-10-2-4-20(5-3-10)16(23)9-21-14-7-12(18)11(17)6-13(14)19-8-15(21)22/h6-7,10,19H,2-5,8-9H2,1H3. The quantitative estimate of drug-likeness (QED) is 0.905. The maximum absolute atomic E-state index is 13.5. The minimum absolute atomic E-state index is 0.0393. The second-order valence-electron chi connectivity index (χ2n) is 6.18. The first-order valence-electron chi connectivity index (χ1n) is 7.76. The van der Waals surface area contributed by atoms with Crippen molar-refractivity contribution in [2.75, 3.05) is 36.4 Å². The Morgan fingerprint density at radius 2 is 1.91 bits per heavy atom. The number of amides is 2. The summed E-state index contributed by atoms with van der Waals surface area (Å²) in [6, 6.07) is 1.97. The Balaban J connectivity index is 1.79. The number of hydrogen-bond donors (Lipinski definition) is 1. The van der Waals surface area contributed by atoms with Crippen LogP contribution in [0.3, 0.4) is 0 Å².